The lowest BCUT2D eigenvalue weighted by Crippen LogP contribution is -1.87. The fourth-order valence-corrected chi connectivity index (χ4v) is 1.88. The summed E-state index contributed by atoms with van der Waals surface area (Å²) in [5, 5.41) is 0. The summed E-state index contributed by atoms with van der Waals surface area (Å²) in [6.45, 7) is 2.15. The molecule has 0 aliphatic rings. The molecule has 0 fully saturated rings. The molecule has 0 N–H and O–H groups in total. The fourth-order valence-electron chi connectivity index (χ4n) is 1.88. The molecule has 0 saturated carbocycles. The molecule has 16 heavy (non-hydrogen) atoms. The van der Waals surface area contributed by atoms with E-state index in [1.54, 1.807) is 6.07 Å². The van der Waals surface area contributed by atoms with Crippen LogP contribution in [0.4, 0.5) is 4.39 Å². The van der Waals surface area contributed by atoms with Crippen LogP contribution in [0.1, 0.15) is 18.9 Å². The van der Waals surface area contributed by atoms with Crippen molar-refractivity contribution >= 4 is 0 Å². The van der Waals surface area contributed by atoms with Crippen LogP contribution in [0.2, 0.25) is 0 Å². The second kappa shape index (κ2) is 4.93. The number of rotatable bonds is 3. The zero-order chi connectivity index (χ0) is 11.4. The molecular formula is C15H15F. The van der Waals surface area contributed by atoms with Gasteiger partial charge in [-0.05, 0) is 23.6 Å². The third-order valence-electron chi connectivity index (χ3n) is 2.65. The van der Waals surface area contributed by atoms with E-state index in [2.05, 4.69) is 19.1 Å². The second-order valence-corrected chi connectivity index (χ2v) is 3.93. The molecule has 0 bridgehead atoms. The smallest absolute Gasteiger partial charge is 0.131 e. The van der Waals surface area contributed by atoms with Crippen molar-refractivity contribution in [3.63, 3.8) is 0 Å². The van der Waals surface area contributed by atoms with Crippen molar-refractivity contribution < 1.29 is 4.39 Å². The van der Waals surface area contributed by atoms with E-state index in [4.69, 9.17) is 0 Å². The van der Waals surface area contributed by atoms with E-state index in [1.807, 2.05) is 24.3 Å². The van der Waals surface area contributed by atoms with E-state index < -0.39 is 0 Å². The van der Waals surface area contributed by atoms with Gasteiger partial charge in [-0.2, -0.15) is 0 Å². The maximum Gasteiger partial charge on any atom is 0.131 e. The predicted octanol–water partition coefficient (Wildman–Crippen LogP) is 4.45. The van der Waals surface area contributed by atoms with Gasteiger partial charge in [-0.3, -0.25) is 0 Å². The van der Waals surface area contributed by atoms with Crippen molar-refractivity contribution in [1.82, 2.24) is 0 Å². The van der Waals surface area contributed by atoms with Crippen LogP contribution >= 0.6 is 0 Å². The van der Waals surface area contributed by atoms with Crippen molar-refractivity contribution in [2.45, 2.75) is 19.8 Å². The largest absolute Gasteiger partial charge is 0.206 e. The van der Waals surface area contributed by atoms with Crippen molar-refractivity contribution in [2.24, 2.45) is 0 Å². The van der Waals surface area contributed by atoms with Gasteiger partial charge in [0.05, 0.1) is 0 Å². The summed E-state index contributed by atoms with van der Waals surface area (Å²) in [7, 11) is 0. The molecule has 2 aromatic rings. The summed E-state index contributed by atoms with van der Waals surface area (Å²) in [6, 6.07) is 15.0. The zero-order valence-electron chi connectivity index (χ0n) is 9.41. The average Bonchev–Trinajstić information content (AvgIpc) is 2.30. The first kappa shape index (κ1) is 10.9. The molecule has 82 valence electrons. The van der Waals surface area contributed by atoms with Gasteiger partial charge in [0.25, 0.3) is 0 Å². The lowest BCUT2D eigenvalue weighted by atomic mass is 10.0. The molecule has 1 heteroatoms. The van der Waals surface area contributed by atoms with Crippen molar-refractivity contribution in [3.8, 4) is 11.1 Å². The highest BCUT2D eigenvalue weighted by atomic mass is 19.1. The Morgan fingerprint density at radius 2 is 1.81 bits per heavy atom. The molecule has 0 saturated heterocycles. The highest BCUT2D eigenvalue weighted by Gasteiger charge is 2.03. The van der Waals surface area contributed by atoms with Crippen LogP contribution < -0.4 is 0 Å². The van der Waals surface area contributed by atoms with E-state index in [0.29, 0.717) is 5.56 Å². The van der Waals surface area contributed by atoms with E-state index in [9.17, 15) is 4.39 Å². The van der Waals surface area contributed by atoms with Crippen molar-refractivity contribution in [3.05, 3.63) is 59.9 Å². The lowest BCUT2D eigenvalue weighted by molar-refractivity contribution is 0.631. The lowest BCUT2D eigenvalue weighted by Gasteiger charge is -2.05. The van der Waals surface area contributed by atoms with Crippen molar-refractivity contribution in [2.75, 3.05) is 0 Å². The first-order valence-corrected chi connectivity index (χ1v) is 5.65. The van der Waals surface area contributed by atoms with Gasteiger partial charge in [-0.15, -0.1) is 0 Å². The van der Waals surface area contributed by atoms with Gasteiger partial charge in [0.1, 0.15) is 5.82 Å². The average molecular weight is 214 g/mol. The van der Waals surface area contributed by atoms with Crippen molar-refractivity contribution in [1.29, 1.82) is 0 Å². The number of hydrogen-bond acceptors (Lipinski definition) is 0. The standard InChI is InChI=1S/C15H15F/c1-2-6-12-7-5-8-13(11-12)14-9-3-4-10-15(14)16/h3-5,7-11H,2,6H2,1H3. The minimum absolute atomic E-state index is 0.156. The Labute approximate surface area is 95.7 Å². The number of aryl methyl sites for hydroxylation is 1. The summed E-state index contributed by atoms with van der Waals surface area (Å²) in [6.07, 6.45) is 2.16. The summed E-state index contributed by atoms with van der Waals surface area (Å²) in [4.78, 5) is 0. The Morgan fingerprint density at radius 3 is 2.56 bits per heavy atom. The minimum atomic E-state index is -0.156. The van der Waals surface area contributed by atoms with Crippen LogP contribution in [0.5, 0.6) is 0 Å². The monoisotopic (exact) mass is 214 g/mol. The fraction of sp³-hybridized carbons (Fsp3) is 0.200. The van der Waals surface area contributed by atoms with Gasteiger partial charge in [-0.1, -0.05) is 55.8 Å². The third-order valence-corrected chi connectivity index (χ3v) is 2.65. The Morgan fingerprint density at radius 1 is 1.00 bits per heavy atom. The maximum atomic E-state index is 13.6. The topological polar surface area (TPSA) is 0 Å². The Bertz CT molecular complexity index is 474. The van der Waals surface area contributed by atoms with E-state index in [1.165, 1.54) is 11.6 Å². The second-order valence-electron chi connectivity index (χ2n) is 3.93. The molecule has 0 nitrogen and oxygen atoms in total. The summed E-state index contributed by atoms with van der Waals surface area (Å²) in [5.41, 5.74) is 2.91. The van der Waals surface area contributed by atoms with Crippen LogP contribution in [-0.2, 0) is 6.42 Å². The normalized spacial score (nSPS) is 10.4. The molecule has 2 aromatic carbocycles. The molecule has 0 amide bonds. The molecule has 0 unspecified atom stereocenters. The third kappa shape index (κ3) is 2.30. The van der Waals surface area contributed by atoms with Gasteiger partial charge >= 0.3 is 0 Å². The molecular weight excluding hydrogens is 199 g/mol. The quantitative estimate of drug-likeness (QED) is 0.708. The van der Waals surface area contributed by atoms with Gasteiger partial charge < -0.3 is 0 Å². The molecule has 0 aromatic heterocycles. The Kier molecular flexibility index (Phi) is 3.35. The maximum absolute atomic E-state index is 13.6. The van der Waals surface area contributed by atoms with Gasteiger partial charge in [0.15, 0.2) is 0 Å². The zero-order valence-corrected chi connectivity index (χ0v) is 9.41. The summed E-state index contributed by atoms with van der Waals surface area (Å²) in [5.74, 6) is -0.156. The molecule has 2 rings (SSSR count). The van der Waals surface area contributed by atoms with Crippen LogP contribution in [0.25, 0.3) is 11.1 Å². The first-order chi connectivity index (χ1) is 7.81. The van der Waals surface area contributed by atoms with Crippen LogP contribution in [-0.4, -0.2) is 0 Å². The summed E-state index contributed by atoms with van der Waals surface area (Å²) < 4.78 is 13.6. The molecule has 0 heterocycles. The summed E-state index contributed by atoms with van der Waals surface area (Å²) >= 11 is 0. The first-order valence-electron chi connectivity index (χ1n) is 5.65. The molecule has 0 aliphatic carbocycles. The van der Waals surface area contributed by atoms with Crippen LogP contribution in [0.15, 0.2) is 48.5 Å². The highest BCUT2D eigenvalue weighted by Crippen LogP contribution is 2.23. The minimum Gasteiger partial charge on any atom is -0.206 e. The molecule has 0 radical (unpaired) electrons. The van der Waals surface area contributed by atoms with E-state index in [-0.39, 0.29) is 5.82 Å². The van der Waals surface area contributed by atoms with E-state index in [0.717, 1.165) is 18.4 Å². The number of halogens is 1. The van der Waals surface area contributed by atoms with Crippen LogP contribution in [0.3, 0.4) is 0 Å². The van der Waals surface area contributed by atoms with E-state index >= 15 is 0 Å². The number of hydrogen-bond donors (Lipinski definition) is 0. The SMILES string of the molecule is CCCc1cccc(-c2ccccc2F)c1. The Balaban J connectivity index is 2.40. The molecule has 0 atom stereocenters. The Hall–Kier alpha value is -1.63. The predicted molar refractivity (Wildman–Crippen MR) is 65.8 cm³/mol. The molecule has 0 spiro atoms. The number of benzene rings is 2. The molecule has 0 aliphatic heterocycles. The van der Waals surface area contributed by atoms with Gasteiger partial charge in [0, 0.05) is 5.56 Å². The highest BCUT2D eigenvalue weighted by molar-refractivity contribution is 5.64. The van der Waals surface area contributed by atoms with Gasteiger partial charge in [-0.25, -0.2) is 4.39 Å². The van der Waals surface area contributed by atoms with Crippen LogP contribution in [0, 0.1) is 5.82 Å². The van der Waals surface area contributed by atoms with Gasteiger partial charge in [0.2, 0.25) is 0 Å².